The highest BCUT2D eigenvalue weighted by Crippen LogP contribution is 2.33. The third kappa shape index (κ3) is 2.53. The zero-order valence-electron chi connectivity index (χ0n) is 9.96. The summed E-state index contributed by atoms with van der Waals surface area (Å²) in [6.45, 7) is 3.31. The maximum atomic E-state index is 11.5. The van der Waals surface area contributed by atoms with Crippen LogP contribution in [0.1, 0.15) is 0 Å². The van der Waals surface area contributed by atoms with E-state index in [4.69, 9.17) is 19.0 Å². The van der Waals surface area contributed by atoms with E-state index in [1.54, 1.807) is 6.07 Å². The number of aliphatic hydroxyl groups excluding tert-OH is 1. The van der Waals surface area contributed by atoms with Crippen LogP contribution in [0.15, 0.2) is 40.3 Å². The summed E-state index contributed by atoms with van der Waals surface area (Å²) in [5, 5.41) is 18.9. The van der Waals surface area contributed by atoms with Crippen molar-refractivity contribution in [3.05, 3.63) is 41.5 Å². The molecule has 0 atom stereocenters. The number of hydrogen-bond donors (Lipinski definition) is 2. The van der Waals surface area contributed by atoms with E-state index in [9.17, 15) is 9.90 Å². The molecule has 0 spiro atoms. The maximum Gasteiger partial charge on any atom is 0.383 e. The lowest BCUT2D eigenvalue weighted by Crippen LogP contribution is -2.04. The van der Waals surface area contributed by atoms with Crippen molar-refractivity contribution in [3.63, 3.8) is 0 Å². The minimum Gasteiger partial charge on any atom is -0.504 e. The molecule has 0 aliphatic carbocycles. The van der Waals surface area contributed by atoms with E-state index in [-0.39, 0.29) is 35.7 Å². The molecule has 0 saturated heterocycles. The van der Waals surface area contributed by atoms with Crippen LogP contribution < -0.4 is 15.1 Å². The van der Waals surface area contributed by atoms with Gasteiger partial charge in [0.05, 0.1) is 18.3 Å². The molecule has 0 aliphatic rings. The first-order valence-electron chi connectivity index (χ1n) is 5.48. The van der Waals surface area contributed by atoms with Gasteiger partial charge in [-0.15, -0.1) is 0 Å². The highest BCUT2D eigenvalue weighted by Gasteiger charge is 2.15. The fraction of sp³-hybridized carbons (Fsp3) is 0.154. The summed E-state index contributed by atoms with van der Waals surface area (Å²) < 4.78 is 15.0. The summed E-state index contributed by atoms with van der Waals surface area (Å²) in [4.78, 5) is 11.5. The van der Waals surface area contributed by atoms with Gasteiger partial charge < -0.3 is 24.1 Å². The SMILES string of the molecule is C=COc1c(O)c2cc(OCCO)ccc2oc1=O. The van der Waals surface area contributed by atoms with Crippen LogP contribution in [0.5, 0.6) is 17.2 Å². The first kappa shape index (κ1) is 13.0. The van der Waals surface area contributed by atoms with Crippen molar-refractivity contribution >= 4 is 11.0 Å². The fourth-order valence-corrected chi connectivity index (χ4v) is 1.59. The topological polar surface area (TPSA) is 89.1 Å². The van der Waals surface area contributed by atoms with E-state index >= 15 is 0 Å². The van der Waals surface area contributed by atoms with Gasteiger partial charge in [0.25, 0.3) is 5.75 Å². The first-order valence-corrected chi connectivity index (χ1v) is 5.48. The van der Waals surface area contributed by atoms with E-state index < -0.39 is 5.63 Å². The molecule has 19 heavy (non-hydrogen) atoms. The predicted molar refractivity (Wildman–Crippen MR) is 67.6 cm³/mol. The molecule has 0 saturated carbocycles. The van der Waals surface area contributed by atoms with Gasteiger partial charge in [0, 0.05) is 0 Å². The lowest BCUT2D eigenvalue weighted by molar-refractivity contribution is 0.201. The van der Waals surface area contributed by atoms with Crippen molar-refractivity contribution in [2.45, 2.75) is 0 Å². The molecular formula is C13H12O6. The van der Waals surface area contributed by atoms with Gasteiger partial charge in [0.2, 0.25) is 0 Å². The standard InChI is InChI=1S/C13H12O6/c1-2-17-12-11(15)9-7-8(18-6-5-14)3-4-10(9)19-13(12)16/h2-4,7,14-15H,1,5-6H2. The highest BCUT2D eigenvalue weighted by molar-refractivity contribution is 5.86. The molecule has 0 unspecified atom stereocenters. The largest absolute Gasteiger partial charge is 0.504 e. The van der Waals surface area contributed by atoms with Crippen LogP contribution in [0.2, 0.25) is 0 Å². The van der Waals surface area contributed by atoms with Gasteiger partial charge in [-0.3, -0.25) is 0 Å². The molecule has 2 N–H and O–H groups in total. The molecule has 0 fully saturated rings. The van der Waals surface area contributed by atoms with E-state index in [0.717, 1.165) is 6.26 Å². The van der Waals surface area contributed by atoms with Crippen LogP contribution in [0, 0.1) is 0 Å². The number of aliphatic hydroxyl groups is 1. The average Bonchev–Trinajstić information content (AvgIpc) is 2.41. The van der Waals surface area contributed by atoms with Crippen LogP contribution in [-0.4, -0.2) is 23.4 Å². The Labute approximate surface area is 108 Å². The van der Waals surface area contributed by atoms with Gasteiger partial charge in [-0.2, -0.15) is 0 Å². The van der Waals surface area contributed by atoms with Gasteiger partial charge in [-0.05, 0) is 18.2 Å². The Morgan fingerprint density at radius 3 is 2.89 bits per heavy atom. The summed E-state index contributed by atoms with van der Waals surface area (Å²) in [6, 6.07) is 4.54. The van der Waals surface area contributed by atoms with Crippen molar-refractivity contribution in [2.24, 2.45) is 0 Å². The lowest BCUT2D eigenvalue weighted by atomic mass is 10.2. The zero-order valence-corrected chi connectivity index (χ0v) is 9.96. The monoisotopic (exact) mass is 264 g/mol. The smallest absolute Gasteiger partial charge is 0.383 e. The van der Waals surface area contributed by atoms with Gasteiger partial charge >= 0.3 is 5.63 Å². The van der Waals surface area contributed by atoms with E-state index in [1.807, 2.05) is 0 Å². The van der Waals surface area contributed by atoms with Crippen LogP contribution in [0.3, 0.4) is 0 Å². The second-order valence-electron chi connectivity index (χ2n) is 3.58. The van der Waals surface area contributed by atoms with Crippen molar-refractivity contribution < 1.29 is 24.1 Å². The summed E-state index contributed by atoms with van der Waals surface area (Å²) in [6.07, 6.45) is 1.02. The Bertz CT molecular complexity index is 658. The van der Waals surface area contributed by atoms with Crippen molar-refractivity contribution in [3.8, 4) is 17.2 Å². The quantitative estimate of drug-likeness (QED) is 0.626. The molecular weight excluding hydrogens is 252 g/mol. The molecule has 6 heteroatoms. The van der Waals surface area contributed by atoms with E-state index in [1.165, 1.54) is 12.1 Å². The molecule has 0 radical (unpaired) electrons. The number of rotatable bonds is 5. The molecule has 0 amide bonds. The van der Waals surface area contributed by atoms with Gasteiger partial charge in [-0.1, -0.05) is 6.58 Å². The third-order valence-electron chi connectivity index (χ3n) is 2.37. The molecule has 6 nitrogen and oxygen atoms in total. The molecule has 2 rings (SSSR count). The van der Waals surface area contributed by atoms with Crippen LogP contribution in [0.25, 0.3) is 11.0 Å². The number of ether oxygens (including phenoxy) is 2. The second kappa shape index (κ2) is 5.45. The third-order valence-corrected chi connectivity index (χ3v) is 2.37. The Morgan fingerprint density at radius 1 is 1.42 bits per heavy atom. The maximum absolute atomic E-state index is 11.5. The Balaban J connectivity index is 2.56. The van der Waals surface area contributed by atoms with Crippen molar-refractivity contribution in [1.29, 1.82) is 0 Å². The number of fused-ring (bicyclic) bond motifs is 1. The number of aromatic hydroxyl groups is 1. The molecule has 0 bridgehead atoms. The van der Waals surface area contributed by atoms with Crippen molar-refractivity contribution in [1.82, 2.24) is 0 Å². The summed E-state index contributed by atoms with van der Waals surface area (Å²) in [5.41, 5.74) is -0.593. The predicted octanol–water partition coefficient (Wildman–Crippen LogP) is 1.39. The fourth-order valence-electron chi connectivity index (χ4n) is 1.59. The van der Waals surface area contributed by atoms with Crippen LogP contribution in [-0.2, 0) is 0 Å². The minimum atomic E-state index is -0.797. The van der Waals surface area contributed by atoms with Crippen LogP contribution in [0.4, 0.5) is 0 Å². The Kier molecular flexibility index (Phi) is 3.72. The van der Waals surface area contributed by atoms with Crippen molar-refractivity contribution in [2.75, 3.05) is 13.2 Å². The summed E-state index contributed by atoms with van der Waals surface area (Å²) >= 11 is 0. The molecule has 1 aromatic carbocycles. The molecule has 0 aliphatic heterocycles. The highest BCUT2D eigenvalue weighted by atomic mass is 16.5. The number of benzene rings is 1. The van der Waals surface area contributed by atoms with E-state index in [0.29, 0.717) is 5.75 Å². The molecule has 1 aromatic heterocycles. The van der Waals surface area contributed by atoms with Gasteiger partial charge in [0.1, 0.15) is 17.9 Å². The molecule has 100 valence electrons. The summed E-state index contributed by atoms with van der Waals surface area (Å²) in [5.74, 6) is -0.252. The zero-order chi connectivity index (χ0) is 13.8. The van der Waals surface area contributed by atoms with Crippen LogP contribution >= 0.6 is 0 Å². The first-order chi connectivity index (χ1) is 9.17. The lowest BCUT2D eigenvalue weighted by Gasteiger charge is -2.07. The number of hydrogen-bond acceptors (Lipinski definition) is 6. The Morgan fingerprint density at radius 2 is 2.21 bits per heavy atom. The summed E-state index contributed by atoms with van der Waals surface area (Å²) in [7, 11) is 0. The van der Waals surface area contributed by atoms with Gasteiger partial charge in [0.15, 0.2) is 5.75 Å². The normalized spacial score (nSPS) is 10.4. The molecule has 2 aromatic rings. The van der Waals surface area contributed by atoms with Gasteiger partial charge in [-0.25, -0.2) is 4.79 Å². The Hall–Kier alpha value is -2.47. The second-order valence-corrected chi connectivity index (χ2v) is 3.58. The molecule has 1 heterocycles. The van der Waals surface area contributed by atoms with E-state index in [2.05, 4.69) is 6.58 Å². The minimum absolute atomic E-state index is 0.124. The average molecular weight is 264 g/mol.